The van der Waals surface area contributed by atoms with Crippen molar-refractivity contribution < 1.29 is 27.7 Å². The van der Waals surface area contributed by atoms with Gasteiger partial charge < -0.3 is 9.32 Å². The molecule has 1 fully saturated rings. The van der Waals surface area contributed by atoms with Crippen LogP contribution in [0.25, 0.3) is 0 Å². The van der Waals surface area contributed by atoms with E-state index in [0.717, 1.165) is 49.3 Å². The monoisotopic (exact) mass is 390 g/mol. The third kappa shape index (κ3) is 5.19. The topological polar surface area (TPSA) is 78.9 Å². The zero-order chi connectivity index (χ0) is 18.4. The summed E-state index contributed by atoms with van der Waals surface area (Å²) < 4.78 is 29.3. The van der Waals surface area contributed by atoms with E-state index < -0.39 is 13.1 Å². The minimum Gasteiger partial charge on any atom is -0.407 e. The fraction of sp³-hybridized carbons (Fsp3) is 0.765. The van der Waals surface area contributed by atoms with Crippen molar-refractivity contribution in [3.8, 4) is 0 Å². The van der Waals surface area contributed by atoms with E-state index >= 15 is 0 Å². The summed E-state index contributed by atoms with van der Waals surface area (Å²) in [6, 6.07) is 0. The highest BCUT2D eigenvalue weighted by Gasteiger charge is 2.43. The maximum atomic E-state index is 12.9. The standard InChI is InChI=1S/C17H27O6PS/c1-4-21-24(20,22-5-2)23-16-15-9-7-6-8-13(15)10-14(11-18)17(16)25-12(3)19/h11,13-14,17H,4-10H2,1-3H3/t13-,14-,17+/m1/s1. The lowest BCUT2D eigenvalue weighted by atomic mass is 9.73. The van der Waals surface area contributed by atoms with Crippen molar-refractivity contribution in [2.24, 2.45) is 11.8 Å². The van der Waals surface area contributed by atoms with Crippen LogP contribution < -0.4 is 0 Å². The normalized spacial score (nSPS) is 26.9. The zero-order valence-corrected chi connectivity index (χ0v) is 16.8. The van der Waals surface area contributed by atoms with Crippen LogP contribution in [0.1, 0.15) is 52.9 Å². The number of phosphoric acid groups is 1. The molecule has 0 radical (unpaired) electrons. The van der Waals surface area contributed by atoms with Gasteiger partial charge in [0.05, 0.1) is 18.5 Å². The molecule has 0 saturated heterocycles. The van der Waals surface area contributed by atoms with Crippen molar-refractivity contribution in [3.63, 3.8) is 0 Å². The van der Waals surface area contributed by atoms with Gasteiger partial charge in [-0.05, 0) is 51.0 Å². The first kappa shape index (κ1) is 20.7. The number of aldehydes is 1. The van der Waals surface area contributed by atoms with Gasteiger partial charge in [-0.15, -0.1) is 0 Å². The number of phosphoric ester groups is 1. The van der Waals surface area contributed by atoms with E-state index in [1.807, 2.05) is 0 Å². The van der Waals surface area contributed by atoms with Crippen molar-refractivity contribution >= 4 is 31.0 Å². The van der Waals surface area contributed by atoms with E-state index in [0.29, 0.717) is 12.2 Å². The van der Waals surface area contributed by atoms with Gasteiger partial charge in [0.15, 0.2) is 5.12 Å². The van der Waals surface area contributed by atoms with Gasteiger partial charge in [0.1, 0.15) is 12.0 Å². The quantitative estimate of drug-likeness (QED) is 0.446. The van der Waals surface area contributed by atoms with Crippen LogP contribution in [-0.4, -0.2) is 29.9 Å². The molecule has 0 aliphatic heterocycles. The predicted octanol–water partition coefficient (Wildman–Crippen LogP) is 4.50. The van der Waals surface area contributed by atoms with Crippen LogP contribution in [0.5, 0.6) is 0 Å². The fourth-order valence-electron chi connectivity index (χ4n) is 3.58. The van der Waals surface area contributed by atoms with E-state index in [-0.39, 0.29) is 30.2 Å². The van der Waals surface area contributed by atoms with E-state index in [1.165, 1.54) is 6.92 Å². The highest BCUT2D eigenvalue weighted by molar-refractivity contribution is 8.14. The van der Waals surface area contributed by atoms with Gasteiger partial charge in [-0.3, -0.25) is 13.8 Å². The molecule has 0 bridgehead atoms. The SMILES string of the molecule is CCOP(=O)(OCC)OC1=C2CCCC[C@@H]2C[C@H](C=O)[C@@H]1SC(C)=O. The Labute approximate surface area is 153 Å². The predicted molar refractivity (Wildman–Crippen MR) is 97.2 cm³/mol. The first-order chi connectivity index (χ1) is 11.9. The molecule has 0 unspecified atom stereocenters. The number of carbonyl (C=O) groups is 2. The second-order valence-electron chi connectivity index (χ2n) is 6.27. The van der Waals surface area contributed by atoms with Crippen LogP contribution in [-0.2, 0) is 27.7 Å². The number of hydrogen-bond acceptors (Lipinski definition) is 7. The maximum absolute atomic E-state index is 12.9. The molecule has 0 amide bonds. The first-order valence-electron chi connectivity index (χ1n) is 8.88. The van der Waals surface area contributed by atoms with Crippen molar-refractivity contribution in [1.82, 2.24) is 0 Å². The van der Waals surface area contributed by atoms with Gasteiger partial charge in [0.25, 0.3) is 0 Å². The van der Waals surface area contributed by atoms with Crippen molar-refractivity contribution in [1.29, 1.82) is 0 Å². The molecule has 6 nitrogen and oxygen atoms in total. The minimum atomic E-state index is -3.77. The summed E-state index contributed by atoms with van der Waals surface area (Å²) in [5.41, 5.74) is 1.07. The number of hydrogen-bond donors (Lipinski definition) is 0. The average Bonchev–Trinajstić information content (AvgIpc) is 2.56. The summed E-state index contributed by atoms with van der Waals surface area (Å²) >= 11 is 1.06. The molecule has 0 aromatic rings. The summed E-state index contributed by atoms with van der Waals surface area (Å²) in [4.78, 5) is 23.4. The number of rotatable bonds is 8. The molecular formula is C17H27O6PS. The molecule has 8 heteroatoms. The fourth-order valence-corrected chi connectivity index (χ4v) is 5.95. The first-order valence-corrected chi connectivity index (χ1v) is 11.2. The van der Waals surface area contributed by atoms with E-state index in [1.54, 1.807) is 13.8 Å². The van der Waals surface area contributed by atoms with Crippen LogP contribution in [0.3, 0.4) is 0 Å². The van der Waals surface area contributed by atoms with E-state index in [4.69, 9.17) is 13.6 Å². The molecule has 0 heterocycles. The van der Waals surface area contributed by atoms with Gasteiger partial charge in [0.2, 0.25) is 0 Å². The highest BCUT2D eigenvalue weighted by Crippen LogP contribution is 2.56. The third-order valence-corrected chi connectivity index (χ3v) is 7.23. The number of carbonyl (C=O) groups excluding carboxylic acids is 2. The Morgan fingerprint density at radius 1 is 1.28 bits per heavy atom. The third-order valence-electron chi connectivity index (χ3n) is 4.51. The number of allylic oxidation sites excluding steroid dienone is 1. The van der Waals surface area contributed by atoms with Gasteiger partial charge in [-0.25, -0.2) is 4.57 Å². The van der Waals surface area contributed by atoms with Crippen molar-refractivity contribution in [2.45, 2.75) is 58.1 Å². The lowest BCUT2D eigenvalue weighted by molar-refractivity contribution is -0.111. The molecule has 2 aliphatic carbocycles. The summed E-state index contributed by atoms with van der Waals surface area (Å²) in [5.74, 6) is 0.366. The largest absolute Gasteiger partial charge is 0.529 e. The molecule has 2 rings (SSSR count). The maximum Gasteiger partial charge on any atom is 0.529 e. The Balaban J connectivity index is 2.43. The van der Waals surface area contributed by atoms with Crippen LogP contribution >= 0.6 is 19.6 Å². The average molecular weight is 390 g/mol. The second-order valence-corrected chi connectivity index (χ2v) is 9.18. The molecule has 25 heavy (non-hydrogen) atoms. The molecule has 0 aromatic heterocycles. The summed E-state index contributed by atoms with van der Waals surface area (Å²) in [6.45, 7) is 5.27. The van der Waals surface area contributed by atoms with Crippen molar-refractivity contribution in [3.05, 3.63) is 11.3 Å². The van der Waals surface area contributed by atoms with E-state index in [2.05, 4.69) is 0 Å². The highest BCUT2D eigenvalue weighted by atomic mass is 32.2. The lowest BCUT2D eigenvalue weighted by Crippen LogP contribution is -2.34. The number of fused-ring (bicyclic) bond motifs is 1. The Morgan fingerprint density at radius 2 is 1.96 bits per heavy atom. The summed E-state index contributed by atoms with van der Waals surface area (Å²) in [7, 11) is -3.77. The second kappa shape index (κ2) is 9.36. The molecular weight excluding hydrogens is 363 g/mol. The molecule has 1 saturated carbocycles. The Kier molecular flexibility index (Phi) is 7.74. The number of thioether (sulfide) groups is 1. The van der Waals surface area contributed by atoms with Gasteiger partial charge in [-0.2, -0.15) is 0 Å². The molecule has 3 atom stereocenters. The molecule has 142 valence electrons. The van der Waals surface area contributed by atoms with Gasteiger partial charge in [0, 0.05) is 12.8 Å². The van der Waals surface area contributed by atoms with E-state index in [9.17, 15) is 14.2 Å². The molecule has 0 aromatic carbocycles. The smallest absolute Gasteiger partial charge is 0.407 e. The summed E-state index contributed by atoms with van der Waals surface area (Å²) in [5, 5.41) is -0.566. The van der Waals surface area contributed by atoms with Crippen LogP contribution in [0.15, 0.2) is 11.3 Å². The molecule has 2 aliphatic rings. The Hall–Kier alpha value is -0.620. The van der Waals surface area contributed by atoms with Crippen LogP contribution in [0, 0.1) is 11.8 Å². The Bertz CT molecular complexity index is 565. The lowest BCUT2D eigenvalue weighted by Gasteiger charge is -2.39. The van der Waals surface area contributed by atoms with Gasteiger partial charge >= 0.3 is 7.82 Å². The minimum absolute atomic E-state index is 0.101. The van der Waals surface area contributed by atoms with Crippen LogP contribution in [0.4, 0.5) is 0 Å². The molecule has 0 spiro atoms. The van der Waals surface area contributed by atoms with Crippen LogP contribution in [0.2, 0.25) is 0 Å². The molecule has 0 N–H and O–H groups in total. The van der Waals surface area contributed by atoms with Crippen molar-refractivity contribution in [2.75, 3.05) is 13.2 Å². The summed E-state index contributed by atoms with van der Waals surface area (Å²) in [6.07, 6.45) is 5.55. The van der Waals surface area contributed by atoms with Gasteiger partial charge in [-0.1, -0.05) is 18.2 Å². The Morgan fingerprint density at radius 3 is 2.52 bits per heavy atom. The zero-order valence-electron chi connectivity index (χ0n) is 15.1.